The van der Waals surface area contributed by atoms with Crippen LogP contribution in [0.4, 0.5) is 0 Å². The largest absolute Gasteiger partial charge is 0.343 e. The third-order valence-electron chi connectivity index (χ3n) is 3.09. The van der Waals surface area contributed by atoms with E-state index in [2.05, 4.69) is 20.8 Å². The van der Waals surface area contributed by atoms with Gasteiger partial charge in [0.1, 0.15) is 0 Å². The van der Waals surface area contributed by atoms with Gasteiger partial charge >= 0.3 is 0 Å². The number of likely N-dealkylation sites (tertiary alicyclic amines) is 1. The lowest BCUT2D eigenvalue weighted by Gasteiger charge is -2.20. The first-order valence-electron chi connectivity index (χ1n) is 6.39. The molecule has 1 atom stereocenters. The molecule has 0 aliphatic carbocycles. The van der Waals surface area contributed by atoms with Gasteiger partial charge in [-0.25, -0.2) is 0 Å². The second-order valence-corrected chi connectivity index (χ2v) is 4.51. The minimum absolute atomic E-state index is 0.360. The van der Waals surface area contributed by atoms with Crippen LogP contribution in [0.1, 0.15) is 53.9 Å². The Morgan fingerprint density at radius 2 is 1.60 bits per heavy atom. The second kappa shape index (κ2) is 7.72. The number of hydrogen-bond acceptors (Lipinski definition) is 1. The van der Waals surface area contributed by atoms with Crippen molar-refractivity contribution in [2.45, 2.75) is 53.9 Å². The minimum Gasteiger partial charge on any atom is -0.343 e. The summed E-state index contributed by atoms with van der Waals surface area (Å²) in [5.41, 5.74) is 0. The van der Waals surface area contributed by atoms with Crippen molar-refractivity contribution in [2.75, 3.05) is 13.1 Å². The van der Waals surface area contributed by atoms with E-state index in [1.165, 1.54) is 12.8 Å². The normalized spacial score (nSPS) is 17.3. The van der Waals surface area contributed by atoms with Crippen LogP contribution < -0.4 is 0 Å². The number of amides is 1. The summed E-state index contributed by atoms with van der Waals surface area (Å²) in [5, 5.41) is 0. The van der Waals surface area contributed by atoms with E-state index in [4.69, 9.17) is 0 Å². The zero-order valence-corrected chi connectivity index (χ0v) is 11.0. The molecule has 0 aromatic heterocycles. The van der Waals surface area contributed by atoms with E-state index in [0.29, 0.717) is 17.7 Å². The smallest absolute Gasteiger partial charge is 0.222 e. The van der Waals surface area contributed by atoms with Gasteiger partial charge in [-0.15, -0.1) is 0 Å². The first kappa shape index (κ1) is 14.5. The molecule has 1 heterocycles. The molecular weight excluding hydrogens is 186 g/mol. The Morgan fingerprint density at radius 1 is 1.13 bits per heavy atom. The van der Waals surface area contributed by atoms with Gasteiger partial charge in [-0.05, 0) is 24.7 Å². The summed E-state index contributed by atoms with van der Waals surface area (Å²) in [7, 11) is 0. The predicted octanol–water partition coefficient (Wildman–Crippen LogP) is 3.32. The molecule has 2 nitrogen and oxygen atoms in total. The number of nitrogens with zero attached hydrogens (tertiary/aromatic N) is 1. The van der Waals surface area contributed by atoms with Crippen LogP contribution in [0.3, 0.4) is 0 Å². The maximum atomic E-state index is 11.7. The van der Waals surface area contributed by atoms with Crippen molar-refractivity contribution in [3.63, 3.8) is 0 Å². The van der Waals surface area contributed by atoms with Crippen molar-refractivity contribution in [1.29, 1.82) is 0 Å². The maximum absolute atomic E-state index is 11.7. The van der Waals surface area contributed by atoms with E-state index < -0.39 is 0 Å². The van der Waals surface area contributed by atoms with E-state index in [-0.39, 0.29) is 0 Å². The van der Waals surface area contributed by atoms with E-state index in [1.54, 1.807) is 0 Å². The molecule has 0 bridgehead atoms. The lowest BCUT2D eigenvalue weighted by atomic mass is 9.94. The molecule has 0 spiro atoms. The lowest BCUT2D eigenvalue weighted by molar-refractivity contribution is -0.131. The van der Waals surface area contributed by atoms with Crippen LogP contribution in [0.2, 0.25) is 0 Å². The topological polar surface area (TPSA) is 20.3 Å². The van der Waals surface area contributed by atoms with Crippen LogP contribution in [0.25, 0.3) is 0 Å². The summed E-state index contributed by atoms with van der Waals surface area (Å²) in [5.74, 6) is 1.50. The summed E-state index contributed by atoms with van der Waals surface area (Å²) in [4.78, 5) is 13.7. The van der Waals surface area contributed by atoms with E-state index in [1.807, 2.05) is 18.7 Å². The average Bonchev–Trinajstić information content (AvgIpc) is 2.73. The summed E-state index contributed by atoms with van der Waals surface area (Å²) in [6.07, 6.45) is 3.13. The highest BCUT2D eigenvalue weighted by atomic mass is 16.2. The van der Waals surface area contributed by atoms with Crippen LogP contribution >= 0.6 is 0 Å². The van der Waals surface area contributed by atoms with Gasteiger partial charge in [-0.2, -0.15) is 0 Å². The van der Waals surface area contributed by atoms with Crippen molar-refractivity contribution in [1.82, 2.24) is 4.90 Å². The summed E-state index contributed by atoms with van der Waals surface area (Å²) < 4.78 is 0. The molecule has 1 amide bonds. The Bertz CT molecular complexity index is 171. The SMILES string of the molecule is CC.CC(C)C(C)CC(=O)N1CCCC1. The van der Waals surface area contributed by atoms with Gasteiger partial charge in [0.2, 0.25) is 5.91 Å². The lowest BCUT2D eigenvalue weighted by Crippen LogP contribution is -2.29. The van der Waals surface area contributed by atoms with E-state index >= 15 is 0 Å². The van der Waals surface area contributed by atoms with Crippen LogP contribution in [-0.2, 0) is 4.79 Å². The fourth-order valence-corrected chi connectivity index (χ4v) is 1.61. The summed E-state index contributed by atoms with van der Waals surface area (Å²) in [6, 6.07) is 0. The monoisotopic (exact) mass is 213 g/mol. The van der Waals surface area contributed by atoms with Crippen molar-refractivity contribution in [2.24, 2.45) is 11.8 Å². The van der Waals surface area contributed by atoms with Gasteiger partial charge < -0.3 is 4.90 Å². The van der Waals surface area contributed by atoms with Gasteiger partial charge in [0.25, 0.3) is 0 Å². The quantitative estimate of drug-likeness (QED) is 0.704. The van der Waals surface area contributed by atoms with Crippen LogP contribution in [0.15, 0.2) is 0 Å². The molecule has 1 fully saturated rings. The Balaban J connectivity index is 0.000000921. The fraction of sp³-hybridized carbons (Fsp3) is 0.923. The first-order valence-corrected chi connectivity index (χ1v) is 6.39. The summed E-state index contributed by atoms with van der Waals surface area (Å²) in [6.45, 7) is 12.5. The molecule has 1 rings (SSSR count). The van der Waals surface area contributed by atoms with Gasteiger partial charge in [0, 0.05) is 19.5 Å². The second-order valence-electron chi connectivity index (χ2n) is 4.51. The van der Waals surface area contributed by atoms with E-state index in [9.17, 15) is 4.79 Å². The minimum atomic E-state index is 0.360. The van der Waals surface area contributed by atoms with Gasteiger partial charge in [0.15, 0.2) is 0 Å². The molecule has 0 radical (unpaired) electrons. The van der Waals surface area contributed by atoms with Gasteiger partial charge in [-0.1, -0.05) is 34.6 Å². The van der Waals surface area contributed by atoms with Crippen LogP contribution in [0, 0.1) is 11.8 Å². The van der Waals surface area contributed by atoms with Crippen molar-refractivity contribution in [3.05, 3.63) is 0 Å². The Hall–Kier alpha value is -0.530. The molecule has 1 saturated heterocycles. The molecule has 1 aliphatic rings. The molecule has 0 aromatic rings. The van der Waals surface area contributed by atoms with E-state index in [0.717, 1.165) is 19.5 Å². The molecule has 90 valence electrons. The molecule has 2 heteroatoms. The fourth-order valence-electron chi connectivity index (χ4n) is 1.61. The molecule has 1 unspecified atom stereocenters. The number of hydrogen-bond donors (Lipinski definition) is 0. The zero-order chi connectivity index (χ0) is 11.8. The first-order chi connectivity index (χ1) is 7.11. The molecule has 0 saturated carbocycles. The highest BCUT2D eigenvalue weighted by molar-refractivity contribution is 5.76. The van der Waals surface area contributed by atoms with Crippen LogP contribution in [-0.4, -0.2) is 23.9 Å². The van der Waals surface area contributed by atoms with Crippen LogP contribution in [0.5, 0.6) is 0 Å². The molecular formula is C13H27NO. The van der Waals surface area contributed by atoms with Crippen molar-refractivity contribution >= 4 is 5.91 Å². The predicted molar refractivity (Wildman–Crippen MR) is 65.8 cm³/mol. The third-order valence-corrected chi connectivity index (χ3v) is 3.09. The van der Waals surface area contributed by atoms with Crippen molar-refractivity contribution < 1.29 is 4.79 Å². The number of rotatable bonds is 3. The Labute approximate surface area is 95.0 Å². The molecule has 0 aromatic carbocycles. The standard InChI is InChI=1S/C11H21NO.C2H6/c1-9(2)10(3)8-11(13)12-6-4-5-7-12;1-2/h9-10H,4-8H2,1-3H3;1-2H3. The number of carbonyl (C=O) groups is 1. The maximum Gasteiger partial charge on any atom is 0.222 e. The molecule has 15 heavy (non-hydrogen) atoms. The number of carbonyl (C=O) groups excluding carboxylic acids is 1. The van der Waals surface area contributed by atoms with Gasteiger partial charge in [-0.3, -0.25) is 4.79 Å². The van der Waals surface area contributed by atoms with Crippen molar-refractivity contribution in [3.8, 4) is 0 Å². The molecule has 1 aliphatic heterocycles. The highest BCUT2D eigenvalue weighted by Crippen LogP contribution is 2.17. The highest BCUT2D eigenvalue weighted by Gasteiger charge is 2.20. The molecule has 0 N–H and O–H groups in total. The zero-order valence-electron chi connectivity index (χ0n) is 11.0. The third kappa shape index (κ3) is 5.19. The Morgan fingerprint density at radius 3 is 2.00 bits per heavy atom. The summed E-state index contributed by atoms with van der Waals surface area (Å²) >= 11 is 0. The van der Waals surface area contributed by atoms with Gasteiger partial charge in [0.05, 0.1) is 0 Å². The average molecular weight is 213 g/mol. The Kier molecular flexibility index (Phi) is 7.45.